The van der Waals surface area contributed by atoms with Gasteiger partial charge >= 0.3 is 0 Å². The molecule has 1 aliphatic heterocycles. The maximum absolute atomic E-state index is 12.9. The summed E-state index contributed by atoms with van der Waals surface area (Å²) in [5.74, 6) is -0.428. The number of hydrazone groups is 1. The van der Waals surface area contributed by atoms with Gasteiger partial charge in [-0.25, -0.2) is 13.8 Å². The van der Waals surface area contributed by atoms with Crippen LogP contribution in [0, 0.1) is 0 Å². The van der Waals surface area contributed by atoms with E-state index >= 15 is 0 Å². The van der Waals surface area contributed by atoms with E-state index in [1.54, 1.807) is 12.1 Å². The van der Waals surface area contributed by atoms with Crippen molar-refractivity contribution in [3.8, 4) is 0 Å². The molecule has 0 unspecified atom stereocenters. The highest BCUT2D eigenvalue weighted by Gasteiger charge is 2.27. The Kier molecular flexibility index (Phi) is 6.26. The first kappa shape index (κ1) is 20.7. The van der Waals surface area contributed by atoms with Crippen LogP contribution in [0.3, 0.4) is 0 Å². The lowest BCUT2D eigenvalue weighted by Gasteiger charge is -2.26. The van der Waals surface area contributed by atoms with Crippen LogP contribution in [0.15, 0.2) is 58.5 Å². The highest BCUT2D eigenvalue weighted by atomic mass is 32.2. The fraction of sp³-hybridized carbons (Fsp3) is 0.364. The van der Waals surface area contributed by atoms with Gasteiger partial charge in [0.15, 0.2) is 0 Å². The summed E-state index contributed by atoms with van der Waals surface area (Å²) in [6.45, 7) is 1.37. The van der Waals surface area contributed by atoms with Crippen molar-refractivity contribution in [2.75, 3.05) is 26.3 Å². The second-order valence-corrected chi connectivity index (χ2v) is 9.35. The quantitative estimate of drug-likeness (QED) is 0.600. The number of fused-ring (bicyclic) bond motifs is 1. The molecule has 0 atom stereocenters. The maximum atomic E-state index is 12.9. The molecule has 1 saturated heterocycles. The third-order valence-electron chi connectivity index (χ3n) is 5.43. The number of morpholine rings is 1. The Morgan fingerprint density at radius 2 is 1.77 bits per heavy atom. The number of benzene rings is 2. The van der Waals surface area contributed by atoms with Crippen molar-refractivity contribution in [1.29, 1.82) is 0 Å². The fourth-order valence-corrected chi connectivity index (χ4v) is 5.25. The van der Waals surface area contributed by atoms with E-state index in [1.807, 2.05) is 18.2 Å². The van der Waals surface area contributed by atoms with Crippen LogP contribution in [-0.4, -0.2) is 50.6 Å². The highest BCUT2D eigenvalue weighted by Crippen LogP contribution is 2.21. The second-order valence-electron chi connectivity index (χ2n) is 7.41. The van der Waals surface area contributed by atoms with Gasteiger partial charge in [-0.2, -0.15) is 9.41 Å². The van der Waals surface area contributed by atoms with E-state index in [9.17, 15) is 13.2 Å². The minimum atomic E-state index is -3.66. The zero-order valence-corrected chi connectivity index (χ0v) is 17.5. The first-order chi connectivity index (χ1) is 14.6. The van der Waals surface area contributed by atoms with Crippen LogP contribution in [0.4, 0.5) is 0 Å². The molecular formula is C22H25N3O4S. The SMILES string of the molecule is O=C(N/N=C1\CCCCc2ccccc21)c1cccc(S(=O)(=O)N2CCOCC2)c1. The van der Waals surface area contributed by atoms with Crippen molar-refractivity contribution < 1.29 is 17.9 Å². The molecule has 4 rings (SSSR count). The van der Waals surface area contributed by atoms with E-state index < -0.39 is 15.9 Å². The number of hydrogen-bond donors (Lipinski definition) is 1. The third kappa shape index (κ3) is 4.45. The molecule has 1 N–H and O–H groups in total. The molecule has 8 heteroatoms. The van der Waals surface area contributed by atoms with Crippen molar-refractivity contribution in [3.05, 3.63) is 65.2 Å². The van der Waals surface area contributed by atoms with Crippen molar-refractivity contribution in [1.82, 2.24) is 9.73 Å². The Morgan fingerprint density at radius 3 is 2.60 bits per heavy atom. The summed E-state index contributed by atoms with van der Waals surface area (Å²) in [6.07, 6.45) is 3.90. The molecule has 0 bridgehead atoms. The molecule has 2 aromatic rings. The molecule has 0 aromatic heterocycles. The number of carbonyl (C=O) groups excluding carboxylic acids is 1. The van der Waals surface area contributed by atoms with Crippen LogP contribution in [0.5, 0.6) is 0 Å². The molecule has 1 fully saturated rings. The third-order valence-corrected chi connectivity index (χ3v) is 7.33. The number of sulfonamides is 1. The number of nitrogens with zero attached hydrogens (tertiary/aromatic N) is 2. The molecule has 0 saturated carbocycles. The highest BCUT2D eigenvalue weighted by molar-refractivity contribution is 7.89. The molecule has 2 aromatic carbocycles. The minimum absolute atomic E-state index is 0.101. The number of rotatable bonds is 4. The fourth-order valence-electron chi connectivity index (χ4n) is 3.80. The Labute approximate surface area is 176 Å². The van der Waals surface area contributed by atoms with Gasteiger partial charge in [-0.15, -0.1) is 0 Å². The van der Waals surface area contributed by atoms with Crippen LogP contribution in [0.25, 0.3) is 0 Å². The van der Waals surface area contributed by atoms with Crippen LogP contribution in [0.1, 0.15) is 40.7 Å². The smallest absolute Gasteiger partial charge is 0.271 e. The summed E-state index contributed by atoms with van der Waals surface area (Å²) in [5, 5.41) is 4.38. The van der Waals surface area contributed by atoms with E-state index in [1.165, 1.54) is 22.0 Å². The van der Waals surface area contributed by atoms with Gasteiger partial charge in [0.1, 0.15) is 0 Å². The van der Waals surface area contributed by atoms with Gasteiger partial charge in [0, 0.05) is 24.2 Å². The first-order valence-corrected chi connectivity index (χ1v) is 11.6. The molecule has 30 heavy (non-hydrogen) atoms. The van der Waals surface area contributed by atoms with Gasteiger partial charge in [0.2, 0.25) is 10.0 Å². The number of ether oxygens (including phenoxy) is 1. The van der Waals surface area contributed by atoms with Crippen molar-refractivity contribution in [2.24, 2.45) is 5.10 Å². The molecule has 1 aliphatic carbocycles. The average molecular weight is 428 g/mol. The summed E-state index contributed by atoms with van der Waals surface area (Å²) in [6, 6.07) is 14.2. The van der Waals surface area contributed by atoms with Crippen LogP contribution in [0.2, 0.25) is 0 Å². The number of aryl methyl sites for hydroxylation is 1. The standard InChI is InChI=1S/C22H25N3O4S/c26-22(24-23-21-11-4-2-7-17-6-1-3-10-20(17)21)18-8-5-9-19(16-18)30(27,28)25-12-14-29-15-13-25/h1,3,5-6,8-10,16H,2,4,7,11-15H2,(H,24,26)/b23-21+. The van der Waals surface area contributed by atoms with E-state index in [0.29, 0.717) is 26.3 Å². The summed E-state index contributed by atoms with van der Waals surface area (Å²) in [5.41, 5.74) is 6.04. The Balaban J connectivity index is 1.53. The van der Waals surface area contributed by atoms with Crippen LogP contribution < -0.4 is 5.43 Å². The lowest BCUT2D eigenvalue weighted by molar-refractivity contribution is 0.0730. The molecule has 0 radical (unpaired) electrons. The molecule has 1 heterocycles. The van der Waals surface area contributed by atoms with Crippen molar-refractivity contribution in [2.45, 2.75) is 30.6 Å². The maximum Gasteiger partial charge on any atom is 0.271 e. The van der Waals surface area contributed by atoms with Gasteiger partial charge < -0.3 is 4.74 Å². The zero-order valence-electron chi connectivity index (χ0n) is 16.7. The number of carbonyl (C=O) groups is 1. The molecule has 2 aliphatic rings. The van der Waals surface area contributed by atoms with Gasteiger partial charge in [-0.3, -0.25) is 4.79 Å². The molecule has 0 spiro atoms. The Bertz CT molecular complexity index is 1060. The normalized spacial score (nSPS) is 19.1. The molecule has 1 amide bonds. The monoisotopic (exact) mass is 427 g/mol. The average Bonchev–Trinajstić information content (AvgIpc) is 3.00. The van der Waals surface area contributed by atoms with Crippen molar-refractivity contribution in [3.63, 3.8) is 0 Å². The van der Waals surface area contributed by atoms with Gasteiger partial charge in [0.25, 0.3) is 5.91 Å². The topological polar surface area (TPSA) is 88.1 Å². The molecule has 158 valence electrons. The Morgan fingerprint density at radius 1 is 1.00 bits per heavy atom. The summed E-state index contributed by atoms with van der Waals surface area (Å²) < 4.78 is 32.3. The van der Waals surface area contributed by atoms with E-state index in [0.717, 1.165) is 37.0 Å². The van der Waals surface area contributed by atoms with Crippen LogP contribution >= 0.6 is 0 Å². The molecule has 7 nitrogen and oxygen atoms in total. The van der Waals surface area contributed by atoms with E-state index in [4.69, 9.17) is 4.74 Å². The van der Waals surface area contributed by atoms with Crippen LogP contribution in [-0.2, 0) is 21.2 Å². The minimum Gasteiger partial charge on any atom is -0.379 e. The summed E-state index contributed by atoms with van der Waals surface area (Å²) >= 11 is 0. The number of amides is 1. The summed E-state index contributed by atoms with van der Waals surface area (Å²) in [7, 11) is -3.66. The lowest BCUT2D eigenvalue weighted by atomic mass is 10.0. The van der Waals surface area contributed by atoms with Gasteiger partial charge in [-0.1, -0.05) is 30.3 Å². The van der Waals surface area contributed by atoms with Crippen molar-refractivity contribution >= 4 is 21.6 Å². The predicted octanol–water partition coefficient (Wildman–Crippen LogP) is 2.57. The van der Waals surface area contributed by atoms with Gasteiger partial charge in [0.05, 0.1) is 23.8 Å². The predicted molar refractivity (Wildman–Crippen MR) is 114 cm³/mol. The molecular weight excluding hydrogens is 402 g/mol. The first-order valence-electron chi connectivity index (χ1n) is 10.2. The number of hydrogen-bond acceptors (Lipinski definition) is 5. The summed E-state index contributed by atoms with van der Waals surface area (Å²) in [4.78, 5) is 12.8. The van der Waals surface area contributed by atoms with E-state index in [2.05, 4.69) is 16.6 Å². The lowest BCUT2D eigenvalue weighted by Crippen LogP contribution is -2.40. The van der Waals surface area contributed by atoms with Gasteiger partial charge in [-0.05, 0) is 49.4 Å². The zero-order chi connectivity index (χ0) is 21.0. The number of nitrogens with one attached hydrogen (secondary N) is 1. The largest absolute Gasteiger partial charge is 0.379 e. The Hall–Kier alpha value is -2.55. The van der Waals surface area contributed by atoms with E-state index in [-0.39, 0.29) is 10.5 Å². The second kappa shape index (κ2) is 9.07.